The van der Waals surface area contributed by atoms with E-state index >= 15 is 0 Å². The predicted molar refractivity (Wildman–Crippen MR) is 131 cm³/mol. The van der Waals surface area contributed by atoms with Gasteiger partial charge in [0, 0.05) is 43.5 Å². The zero-order valence-corrected chi connectivity index (χ0v) is 20.1. The number of nitrogens with one attached hydrogen (secondary N) is 1. The number of nitrogens with zero attached hydrogens (tertiary/aromatic N) is 5. The summed E-state index contributed by atoms with van der Waals surface area (Å²) in [5, 5.41) is 18.0. The van der Waals surface area contributed by atoms with Crippen molar-refractivity contribution in [1.82, 2.24) is 25.4 Å². The van der Waals surface area contributed by atoms with Crippen LogP contribution in [0.4, 0.5) is 5.82 Å². The Bertz CT molecular complexity index is 1300. The molecule has 1 atom stereocenters. The summed E-state index contributed by atoms with van der Waals surface area (Å²) < 4.78 is 11.3. The van der Waals surface area contributed by atoms with Crippen LogP contribution in [0.15, 0.2) is 42.7 Å². The number of aromatic amines is 1. The van der Waals surface area contributed by atoms with Crippen molar-refractivity contribution in [2.24, 2.45) is 5.73 Å². The van der Waals surface area contributed by atoms with E-state index in [0.29, 0.717) is 52.4 Å². The molecule has 0 spiro atoms. The van der Waals surface area contributed by atoms with E-state index in [1.165, 1.54) is 0 Å². The Morgan fingerprint density at radius 3 is 2.59 bits per heavy atom. The Morgan fingerprint density at radius 2 is 1.91 bits per heavy atom. The number of nitrogens with two attached hydrogens (primary N) is 1. The zero-order chi connectivity index (χ0) is 23.9. The molecule has 0 amide bonds. The van der Waals surface area contributed by atoms with Crippen LogP contribution in [0.3, 0.4) is 0 Å². The number of aromatic nitrogens is 5. The third-order valence-corrected chi connectivity index (χ3v) is 6.41. The molecule has 11 heteroatoms. The maximum absolute atomic E-state index is 6.28. The van der Waals surface area contributed by atoms with Crippen molar-refractivity contribution >= 4 is 39.9 Å². The van der Waals surface area contributed by atoms with Gasteiger partial charge in [0.25, 0.3) is 0 Å². The van der Waals surface area contributed by atoms with Gasteiger partial charge in [-0.1, -0.05) is 23.2 Å². The van der Waals surface area contributed by atoms with Gasteiger partial charge in [0.15, 0.2) is 5.82 Å². The van der Waals surface area contributed by atoms with Crippen LogP contribution in [0.5, 0.6) is 5.75 Å². The van der Waals surface area contributed by atoms with E-state index in [1.807, 2.05) is 37.3 Å². The van der Waals surface area contributed by atoms with E-state index < -0.39 is 0 Å². The molecule has 34 heavy (non-hydrogen) atoms. The highest BCUT2D eigenvalue weighted by Crippen LogP contribution is 2.34. The van der Waals surface area contributed by atoms with Gasteiger partial charge in [-0.05, 0) is 37.3 Å². The molecule has 3 N–H and O–H groups in total. The molecule has 0 bridgehead atoms. The first-order valence-electron chi connectivity index (χ1n) is 10.7. The second kappa shape index (κ2) is 8.99. The Kier molecular flexibility index (Phi) is 6.03. The number of H-pyrrole nitrogens is 1. The fraction of sp³-hybridized carbons (Fsp3) is 0.304. The third-order valence-electron chi connectivity index (χ3n) is 5.80. The molecule has 4 aromatic rings. The number of hydrogen-bond acceptors (Lipinski definition) is 8. The van der Waals surface area contributed by atoms with Crippen molar-refractivity contribution in [3.8, 4) is 17.1 Å². The van der Waals surface area contributed by atoms with Crippen molar-refractivity contribution in [2.45, 2.75) is 18.6 Å². The molecule has 4 heterocycles. The van der Waals surface area contributed by atoms with Gasteiger partial charge in [0.2, 0.25) is 0 Å². The van der Waals surface area contributed by atoms with Gasteiger partial charge in [0.05, 0.1) is 27.7 Å². The lowest BCUT2D eigenvalue weighted by Gasteiger charge is -2.47. The molecule has 1 saturated heterocycles. The van der Waals surface area contributed by atoms with Crippen LogP contribution in [-0.2, 0) is 4.74 Å². The molecule has 1 fully saturated rings. The minimum Gasteiger partial charge on any atom is -0.486 e. The number of pyridine rings is 1. The van der Waals surface area contributed by atoms with Crippen LogP contribution < -0.4 is 15.4 Å². The topological polar surface area (TPSA) is 115 Å². The Hall–Kier alpha value is -2.98. The summed E-state index contributed by atoms with van der Waals surface area (Å²) in [7, 11) is 1.65. The normalized spacial score (nSPS) is 15.9. The van der Waals surface area contributed by atoms with Gasteiger partial charge in [-0.2, -0.15) is 5.10 Å². The molecule has 0 radical (unpaired) electrons. The Balaban J connectivity index is 1.36. The van der Waals surface area contributed by atoms with Gasteiger partial charge in [-0.25, -0.2) is 0 Å². The number of methoxy groups -OCH3 is 1. The number of hydrogen-bond donors (Lipinski definition) is 2. The van der Waals surface area contributed by atoms with Crippen LogP contribution >= 0.6 is 23.2 Å². The summed E-state index contributed by atoms with van der Waals surface area (Å²) in [5.41, 5.74) is 8.79. The first-order chi connectivity index (χ1) is 16.4. The first kappa shape index (κ1) is 22.8. The lowest BCUT2D eigenvalue weighted by molar-refractivity contribution is 0.114. The summed E-state index contributed by atoms with van der Waals surface area (Å²) >= 11 is 12.6. The molecular formula is C23H23Cl2N7O2. The van der Waals surface area contributed by atoms with E-state index in [-0.39, 0.29) is 11.6 Å². The molecule has 0 aliphatic carbocycles. The number of anilines is 1. The average Bonchev–Trinajstić information content (AvgIpc) is 3.21. The molecule has 5 rings (SSSR count). The molecule has 1 aliphatic heterocycles. The van der Waals surface area contributed by atoms with Crippen molar-refractivity contribution < 1.29 is 9.47 Å². The summed E-state index contributed by atoms with van der Waals surface area (Å²) in [6, 6.07) is 9.50. The summed E-state index contributed by atoms with van der Waals surface area (Å²) in [6.07, 6.45) is 2.72. The van der Waals surface area contributed by atoms with Crippen LogP contribution in [0.25, 0.3) is 22.3 Å². The zero-order valence-electron chi connectivity index (χ0n) is 18.6. The van der Waals surface area contributed by atoms with Crippen LogP contribution in [-0.4, -0.2) is 57.7 Å². The lowest BCUT2D eigenvalue weighted by atomic mass is 9.92. The molecular weight excluding hydrogens is 477 g/mol. The minimum atomic E-state index is -0.376. The first-order valence-corrected chi connectivity index (χ1v) is 11.4. The number of rotatable bonds is 7. The number of ether oxygens (including phenoxy) is 2. The van der Waals surface area contributed by atoms with E-state index in [4.69, 9.17) is 38.4 Å². The highest BCUT2D eigenvalue weighted by molar-refractivity contribution is 6.35. The van der Waals surface area contributed by atoms with E-state index in [9.17, 15) is 0 Å². The van der Waals surface area contributed by atoms with Crippen LogP contribution in [0, 0.1) is 0 Å². The average molecular weight is 500 g/mol. The molecule has 9 nitrogen and oxygen atoms in total. The Labute approximate surface area is 206 Å². The van der Waals surface area contributed by atoms with Gasteiger partial charge >= 0.3 is 0 Å². The standard InChI is InChI=1S/C23H23Cl2N7O2/c1-13(21-16(24)8-27-9-17(21)25)34-14-3-4-18-15(7-14)22(31-28-18)19-5-6-20(30-29-19)32-10-23(26,11-32)12-33-2/h3-9,13H,10-12,26H2,1-2H3,(H,28,31)/t13-/m1/s1. The predicted octanol–water partition coefficient (Wildman–Crippen LogP) is 4.03. The third kappa shape index (κ3) is 4.27. The molecule has 0 unspecified atom stereocenters. The largest absolute Gasteiger partial charge is 0.486 e. The highest BCUT2D eigenvalue weighted by atomic mass is 35.5. The SMILES string of the molecule is COCC1(N)CN(c2ccc(-c3n[nH]c4ccc(O[C@H](C)c5c(Cl)cncc5Cl)cc34)nn2)C1. The van der Waals surface area contributed by atoms with Crippen molar-refractivity contribution in [2.75, 3.05) is 31.7 Å². The van der Waals surface area contributed by atoms with E-state index in [1.54, 1.807) is 19.5 Å². The van der Waals surface area contributed by atoms with Crippen molar-refractivity contribution in [1.29, 1.82) is 0 Å². The summed E-state index contributed by atoms with van der Waals surface area (Å²) in [6.45, 7) is 3.74. The van der Waals surface area contributed by atoms with Crippen LogP contribution in [0.1, 0.15) is 18.6 Å². The minimum absolute atomic E-state index is 0.342. The van der Waals surface area contributed by atoms with E-state index in [2.05, 4.69) is 30.3 Å². The van der Waals surface area contributed by atoms with E-state index in [0.717, 1.165) is 16.7 Å². The second-order valence-corrected chi connectivity index (χ2v) is 9.30. The van der Waals surface area contributed by atoms with Gasteiger partial charge in [-0.15, -0.1) is 10.2 Å². The summed E-state index contributed by atoms with van der Waals surface area (Å²) in [5.74, 6) is 1.42. The van der Waals surface area contributed by atoms with Gasteiger partial charge in [0.1, 0.15) is 23.2 Å². The molecule has 1 aromatic carbocycles. The number of fused-ring (bicyclic) bond motifs is 1. The molecule has 0 saturated carbocycles. The fourth-order valence-corrected chi connectivity index (χ4v) is 4.88. The smallest absolute Gasteiger partial charge is 0.151 e. The maximum Gasteiger partial charge on any atom is 0.151 e. The lowest BCUT2D eigenvalue weighted by Crippen LogP contribution is -2.70. The van der Waals surface area contributed by atoms with Gasteiger partial charge < -0.3 is 20.1 Å². The van der Waals surface area contributed by atoms with Crippen molar-refractivity contribution in [3.63, 3.8) is 0 Å². The number of halogens is 2. The Morgan fingerprint density at radius 1 is 1.15 bits per heavy atom. The molecule has 3 aromatic heterocycles. The second-order valence-electron chi connectivity index (χ2n) is 8.48. The number of benzene rings is 1. The maximum atomic E-state index is 6.28. The van der Waals surface area contributed by atoms with Gasteiger partial charge in [-0.3, -0.25) is 10.1 Å². The quantitative estimate of drug-likeness (QED) is 0.391. The molecule has 176 valence electrons. The monoisotopic (exact) mass is 499 g/mol. The fourth-order valence-electron chi connectivity index (χ4n) is 4.21. The highest BCUT2D eigenvalue weighted by Gasteiger charge is 2.40. The van der Waals surface area contributed by atoms with Crippen molar-refractivity contribution in [3.05, 3.63) is 58.3 Å². The molecule has 1 aliphatic rings. The summed E-state index contributed by atoms with van der Waals surface area (Å²) in [4.78, 5) is 6.07. The van der Waals surface area contributed by atoms with Crippen LogP contribution in [0.2, 0.25) is 10.0 Å².